The third-order valence-corrected chi connectivity index (χ3v) is 1.96. The number of halogens is 1. The Morgan fingerprint density at radius 1 is 1.73 bits per heavy atom. The predicted molar refractivity (Wildman–Crippen MR) is 49.6 cm³/mol. The van der Waals surface area contributed by atoms with E-state index in [0.717, 1.165) is 4.47 Å². The first-order chi connectivity index (χ1) is 5.18. The number of pyridine rings is 1. The summed E-state index contributed by atoms with van der Waals surface area (Å²) in [7, 11) is -1.06. The van der Waals surface area contributed by atoms with Crippen LogP contribution in [0.3, 0.4) is 0 Å². The standard InChI is InChI=1S/C6H7BrN2OS/c1-11(10)9-6-4-5(7)2-3-8-6/h2-4H,1H3,(H,8,9). The van der Waals surface area contributed by atoms with Gasteiger partial charge in [-0.1, -0.05) is 15.9 Å². The van der Waals surface area contributed by atoms with Crippen LogP contribution >= 0.6 is 15.9 Å². The minimum atomic E-state index is -1.06. The first-order valence-corrected chi connectivity index (χ1v) is 5.25. The monoisotopic (exact) mass is 234 g/mol. The Morgan fingerprint density at radius 3 is 3.00 bits per heavy atom. The third kappa shape index (κ3) is 2.98. The molecule has 1 atom stereocenters. The number of anilines is 1. The lowest BCUT2D eigenvalue weighted by Gasteiger charge is -1.99. The molecule has 1 N–H and O–H groups in total. The van der Waals surface area contributed by atoms with Gasteiger partial charge in [0.1, 0.15) is 16.8 Å². The molecule has 0 saturated heterocycles. The highest BCUT2D eigenvalue weighted by molar-refractivity contribution is 9.10. The van der Waals surface area contributed by atoms with E-state index in [1.807, 2.05) is 6.07 Å². The lowest BCUT2D eigenvalue weighted by molar-refractivity contribution is 0.689. The van der Waals surface area contributed by atoms with Gasteiger partial charge in [-0.15, -0.1) is 0 Å². The maximum atomic E-state index is 10.7. The normalized spacial score (nSPS) is 12.5. The van der Waals surface area contributed by atoms with E-state index in [9.17, 15) is 4.21 Å². The van der Waals surface area contributed by atoms with Crippen molar-refractivity contribution in [2.45, 2.75) is 0 Å². The molecule has 0 amide bonds. The Labute approximate surface area is 75.9 Å². The second-order valence-electron chi connectivity index (χ2n) is 1.92. The second-order valence-corrected chi connectivity index (χ2v) is 3.94. The largest absolute Gasteiger partial charge is 0.290 e. The van der Waals surface area contributed by atoms with Gasteiger partial charge < -0.3 is 0 Å². The Balaban J connectivity index is 2.79. The molecule has 11 heavy (non-hydrogen) atoms. The van der Waals surface area contributed by atoms with E-state index in [-0.39, 0.29) is 0 Å². The SMILES string of the molecule is CS(=O)Nc1cc(Br)ccn1. The van der Waals surface area contributed by atoms with E-state index in [0.29, 0.717) is 5.82 Å². The van der Waals surface area contributed by atoms with E-state index in [2.05, 4.69) is 25.6 Å². The van der Waals surface area contributed by atoms with E-state index in [1.165, 1.54) is 0 Å². The smallest absolute Gasteiger partial charge is 0.138 e. The van der Waals surface area contributed by atoms with Gasteiger partial charge in [-0.3, -0.25) is 4.72 Å². The molecule has 1 aromatic heterocycles. The van der Waals surface area contributed by atoms with Crippen molar-refractivity contribution in [3.05, 3.63) is 22.8 Å². The molecule has 1 heterocycles. The molecule has 0 fully saturated rings. The zero-order valence-electron chi connectivity index (χ0n) is 5.87. The molecule has 0 aliphatic carbocycles. The van der Waals surface area contributed by atoms with Crippen molar-refractivity contribution in [3.63, 3.8) is 0 Å². The molecule has 60 valence electrons. The summed E-state index contributed by atoms with van der Waals surface area (Å²) in [6.45, 7) is 0. The summed E-state index contributed by atoms with van der Waals surface area (Å²) < 4.78 is 14.3. The number of rotatable bonds is 2. The highest BCUT2D eigenvalue weighted by Crippen LogP contribution is 2.12. The number of hydrogen-bond acceptors (Lipinski definition) is 2. The van der Waals surface area contributed by atoms with Gasteiger partial charge >= 0.3 is 0 Å². The number of hydrogen-bond donors (Lipinski definition) is 1. The van der Waals surface area contributed by atoms with Crippen molar-refractivity contribution < 1.29 is 4.21 Å². The third-order valence-electron chi connectivity index (χ3n) is 0.970. The van der Waals surface area contributed by atoms with Crippen molar-refractivity contribution >= 4 is 32.7 Å². The maximum Gasteiger partial charge on any atom is 0.138 e. The molecule has 1 unspecified atom stereocenters. The van der Waals surface area contributed by atoms with Gasteiger partial charge in [-0.25, -0.2) is 9.19 Å². The zero-order valence-corrected chi connectivity index (χ0v) is 8.28. The quantitative estimate of drug-likeness (QED) is 0.844. The van der Waals surface area contributed by atoms with Crippen molar-refractivity contribution in [1.29, 1.82) is 0 Å². The molecule has 0 aromatic carbocycles. The molecule has 0 bridgehead atoms. The fraction of sp³-hybridized carbons (Fsp3) is 0.167. The molecule has 1 rings (SSSR count). The summed E-state index contributed by atoms with van der Waals surface area (Å²) in [5, 5.41) is 0. The average molecular weight is 235 g/mol. The van der Waals surface area contributed by atoms with Gasteiger partial charge in [0.15, 0.2) is 0 Å². The number of nitrogens with zero attached hydrogens (tertiary/aromatic N) is 1. The Bertz CT molecular complexity index is 279. The van der Waals surface area contributed by atoms with Gasteiger partial charge in [0.05, 0.1) is 0 Å². The molecule has 5 heteroatoms. The molecule has 0 spiro atoms. The summed E-state index contributed by atoms with van der Waals surface area (Å²) in [5.74, 6) is 0.611. The lowest BCUT2D eigenvalue weighted by Crippen LogP contribution is -2.02. The van der Waals surface area contributed by atoms with E-state index >= 15 is 0 Å². The lowest BCUT2D eigenvalue weighted by atomic mass is 10.5. The van der Waals surface area contributed by atoms with Crippen molar-refractivity contribution in [2.75, 3.05) is 11.0 Å². The van der Waals surface area contributed by atoms with Gasteiger partial charge in [0.25, 0.3) is 0 Å². The minimum Gasteiger partial charge on any atom is -0.290 e. The van der Waals surface area contributed by atoms with Crippen molar-refractivity contribution in [1.82, 2.24) is 4.98 Å². The van der Waals surface area contributed by atoms with Crippen molar-refractivity contribution in [2.24, 2.45) is 0 Å². The van der Waals surface area contributed by atoms with Crippen LogP contribution in [-0.4, -0.2) is 15.4 Å². The van der Waals surface area contributed by atoms with Crippen LogP contribution in [0.25, 0.3) is 0 Å². The van der Waals surface area contributed by atoms with Gasteiger partial charge in [-0.2, -0.15) is 0 Å². The van der Waals surface area contributed by atoms with Gasteiger partial charge in [-0.05, 0) is 12.1 Å². The van der Waals surface area contributed by atoms with Gasteiger partial charge in [0, 0.05) is 16.9 Å². The van der Waals surface area contributed by atoms with Crippen LogP contribution < -0.4 is 4.72 Å². The molecule has 0 saturated carbocycles. The van der Waals surface area contributed by atoms with E-state index in [1.54, 1.807) is 18.5 Å². The first-order valence-electron chi connectivity index (χ1n) is 2.90. The molecule has 0 radical (unpaired) electrons. The maximum absolute atomic E-state index is 10.7. The molecule has 0 aliphatic rings. The van der Waals surface area contributed by atoms with Crippen LogP contribution in [0.2, 0.25) is 0 Å². The van der Waals surface area contributed by atoms with Crippen LogP contribution in [-0.2, 0) is 11.0 Å². The van der Waals surface area contributed by atoms with Crippen LogP contribution in [0.4, 0.5) is 5.82 Å². The summed E-state index contributed by atoms with van der Waals surface area (Å²) in [4.78, 5) is 3.95. The molecular weight excluding hydrogens is 228 g/mol. The van der Waals surface area contributed by atoms with Crippen LogP contribution in [0.5, 0.6) is 0 Å². The number of nitrogens with one attached hydrogen (secondary N) is 1. The number of aromatic nitrogens is 1. The second kappa shape index (κ2) is 3.82. The highest BCUT2D eigenvalue weighted by Gasteiger charge is 1.94. The topological polar surface area (TPSA) is 42.0 Å². The Morgan fingerprint density at radius 2 is 2.45 bits per heavy atom. The fourth-order valence-electron chi connectivity index (χ4n) is 0.608. The minimum absolute atomic E-state index is 0.611. The zero-order chi connectivity index (χ0) is 8.27. The molecule has 1 aromatic rings. The molecular formula is C6H7BrN2OS. The molecule has 3 nitrogen and oxygen atoms in total. The Hall–Kier alpha value is -0.420. The highest BCUT2D eigenvalue weighted by atomic mass is 79.9. The predicted octanol–water partition coefficient (Wildman–Crippen LogP) is 1.55. The van der Waals surface area contributed by atoms with Gasteiger partial charge in [0.2, 0.25) is 0 Å². The Kier molecular flexibility index (Phi) is 3.02. The van der Waals surface area contributed by atoms with Crippen molar-refractivity contribution in [3.8, 4) is 0 Å². The summed E-state index contributed by atoms with van der Waals surface area (Å²) in [5.41, 5.74) is 0. The van der Waals surface area contributed by atoms with E-state index in [4.69, 9.17) is 0 Å². The first kappa shape index (κ1) is 8.67. The van der Waals surface area contributed by atoms with Crippen LogP contribution in [0.15, 0.2) is 22.8 Å². The summed E-state index contributed by atoms with van der Waals surface area (Å²) in [6.07, 6.45) is 3.20. The van der Waals surface area contributed by atoms with E-state index < -0.39 is 11.0 Å². The van der Waals surface area contributed by atoms with Crippen LogP contribution in [0, 0.1) is 0 Å². The molecule has 0 aliphatic heterocycles. The van der Waals surface area contributed by atoms with Crippen LogP contribution in [0.1, 0.15) is 0 Å². The summed E-state index contributed by atoms with van der Waals surface area (Å²) in [6, 6.07) is 3.57. The fourth-order valence-corrected chi connectivity index (χ4v) is 1.35. The average Bonchev–Trinajstić information content (AvgIpc) is 1.85. The summed E-state index contributed by atoms with van der Waals surface area (Å²) >= 11 is 3.27.